The summed E-state index contributed by atoms with van der Waals surface area (Å²) in [5.41, 5.74) is 2.67. The lowest BCUT2D eigenvalue weighted by Crippen LogP contribution is -2.43. The number of anilines is 1. The van der Waals surface area contributed by atoms with E-state index in [0.717, 1.165) is 42.7 Å². The van der Waals surface area contributed by atoms with Crippen LogP contribution in [0.15, 0.2) is 41.0 Å². The Hall–Kier alpha value is -2.60. The molecular weight excluding hydrogens is 318 g/mol. The molecule has 1 aromatic carbocycles. The third-order valence-electron chi connectivity index (χ3n) is 4.88. The first-order valence-electron chi connectivity index (χ1n) is 8.68. The number of para-hydroxylation sites is 1. The molecule has 2 N–H and O–H groups in total. The minimum Gasteiger partial charge on any atom is -0.459 e. The van der Waals surface area contributed by atoms with Gasteiger partial charge in [-0.25, -0.2) is 0 Å². The molecule has 4 rings (SSSR count). The summed E-state index contributed by atoms with van der Waals surface area (Å²) in [6.07, 6.45) is 3.75. The number of piperidine rings is 1. The van der Waals surface area contributed by atoms with Crippen LogP contribution in [0.3, 0.4) is 0 Å². The maximum absolute atomic E-state index is 12.6. The van der Waals surface area contributed by atoms with Gasteiger partial charge in [0.05, 0.1) is 19.2 Å². The van der Waals surface area contributed by atoms with Crippen LogP contribution in [-0.4, -0.2) is 30.9 Å². The fraction of sp³-hybridized carbons (Fsp3) is 0.368. The monoisotopic (exact) mass is 339 g/mol. The van der Waals surface area contributed by atoms with E-state index in [4.69, 9.17) is 4.42 Å². The molecule has 1 aromatic heterocycles. The maximum Gasteiger partial charge on any atom is 0.287 e. The highest BCUT2D eigenvalue weighted by Gasteiger charge is 2.29. The lowest BCUT2D eigenvalue weighted by Gasteiger charge is -2.23. The number of hydrogen-bond donors (Lipinski definition) is 2. The first kappa shape index (κ1) is 15.9. The molecule has 6 nitrogen and oxygen atoms in total. The van der Waals surface area contributed by atoms with Gasteiger partial charge in [-0.1, -0.05) is 18.2 Å². The van der Waals surface area contributed by atoms with E-state index in [1.54, 1.807) is 11.0 Å². The van der Waals surface area contributed by atoms with Crippen LogP contribution in [0.5, 0.6) is 0 Å². The molecule has 25 heavy (non-hydrogen) atoms. The van der Waals surface area contributed by atoms with Gasteiger partial charge >= 0.3 is 0 Å². The second-order valence-electron chi connectivity index (χ2n) is 6.56. The number of amides is 2. The molecule has 130 valence electrons. The fourth-order valence-corrected chi connectivity index (χ4v) is 3.54. The zero-order valence-electron chi connectivity index (χ0n) is 14.0. The van der Waals surface area contributed by atoms with Crippen molar-refractivity contribution in [1.29, 1.82) is 0 Å². The van der Waals surface area contributed by atoms with Gasteiger partial charge in [0.25, 0.3) is 5.91 Å². The number of rotatable bonds is 4. The second-order valence-corrected chi connectivity index (χ2v) is 6.56. The average molecular weight is 339 g/mol. The smallest absolute Gasteiger partial charge is 0.287 e. The molecule has 1 fully saturated rings. The molecule has 6 heteroatoms. The number of nitrogens with one attached hydrogen (secondary N) is 2. The van der Waals surface area contributed by atoms with E-state index in [0.29, 0.717) is 18.7 Å². The predicted octanol–water partition coefficient (Wildman–Crippen LogP) is 1.85. The maximum atomic E-state index is 12.6. The summed E-state index contributed by atoms with van der Waals surface area (Å²) in [4.78, 5) is 26.6. The number of carbonyl (C=O) groups is 2. The Bertz CT molecular complexity index is 793. The lowest BCUT2D eigenvalue weighted by molar-refractivity contribution is -0.117. The minimum atomic E-state index is -0.202. The Labute approximate surface area is 146 Å². The van der Waals surface area contributed by atoms with Crippen molar-refractivity contribution >= 4 is 17.5 Å². The van der Waals surface area contributed by atoms with Crippen molar-refractivity contribution in [3.8, 4) is 0 Å². The summed E-state index contributed by atoms with van der Waals surface area (Å²) in [5.74, 6) is 0.148. The van der Waals surface area contributed by atoms with Crippen LogP contribution in [0.1, 0.15) is 34.5 Å². The molecule has 0 saturated carbocycles. The van der Waals surface area contributed by atoms with Gasteiger partial charge in [0.1, 0.15) is 0 Å². The van der Waals surface area contributed by atoms with Crippen molar-refractivity contribution in [3.63, 3.8) is 0 Å². The van der Waals surface area contributed by atoms with E-state index in [9.17, 15) is 9.59 Å². The van der Waals surface area contributed by atoms with Crippen molar-refractivity contribution < 1.29 is 14.0 Å². The van der Waals surface area contributed by atoms with Gasteiger partial charge in [-0.05, 0) is 43.6 Å². The predicted molar refractivity (Wildman–Crippen MR) is 93.4 cm³/mol. The molecule has 3 heterocycles. The lowest BCUT2D eigenvalue weighted by atomic mass is 10.1. The number of hydrogen-bond acceptors (Lipinski definition) is 4. The normalized spacial score (nSPS) is 17.6. The Morgan fingerprint density at radius 3 is 2.88 bits per heavy atom. The molecule has 2 aliphatic rings. The highest BCUT2D eigenvalue weighted by Crippen LogP contribution is 2.30. The van der Waals surface area contributed by atoms with E-state index in [1.807, 2.05) is 24.3 Å². The Balaban J connectivity index is 1.50. The average Bonchev–Trinajstić information content (AvgIpc) is 3.21. The van der Waals surface area contributed by atoms with Crippen molar-refractivity contribution in [3.05, 3.63) is 53.5 Å². The number of benzene rings is 1. The molecule has 0 aliphatic carbocycles. The van der Waals surface area contributed by atoms with E-state index in [-0.39, 0.29) is 17.9 Å². The van der Waals surface area contributed by atoms with Gasteiger partial charge in [0.2, 0.25) is 5.91 Å². The molecule has 0 radical (unpaired) electrons. The third kappa shape index (κ3) is 3.17. The van der Waals surface area contributed by atoms with E-state index >= 15 is 0 Å². The third-order valence-corrected chi connectivity index (χ3v) is 4.88. The molecule has 0 bridgehead atoms. The molecule has 0 spiro atoms. The summed E-state index contributed by atoms with van der Waals surface area (Å²) < 4.78 is 5.44. The molecule has 2 amide bonds. The molecule has 0 unspecified atom stereocenters. The van der Waals surface area contributed by atoms with Crippen LogP contribution in [-0.2, 0) is 17.8 Å². The largest absolute Gasteiger partial charge is 0.459 e. The van der Waals surface area contributed by atoms with Gasteiger partial charge in [0.15, 0.2) is 5.76 Å². The van der Waals surface area contributed by atoms with Gasteiger partial charge in [-0.2, -0.15) is 0 Å². The number of fused-ring (bicyclic) bond motifs is 1. The zero-order chi connectivity index (χ0) is 17.2. The number of nitrogens with zero attached hydrogens (tertiary/aromatic N) is 1. The molecule has 2 aromatic rings. The minimum absolute atomic E-state index is 0.0483. The summed E-state index contributed by atoms with van der Waals surface area (Å²) in [6.45, 7) is 2.17. The quantitative estimate of drug-likeness (QED) is 0.891. The van der Waals surface area contributed by atoms with Crippen molar-refractivity contribution in [2.24, 2.45) is 0 Å². The van der Waals surface area contributed by atoms with Crippen LogP contribution in [0, 0.1) is 0 Å². The van der Waals surface area contributed by atoms with Crippen molar-refractivity contribution in [2.75, 3.05) is 18.0 Å². The van der Waals surface area contributed by atoms with Crippen LogP contribution in [0.25, 0.3) is 0 Å². The first-order chi connectivity index (χ1) is 12.2. The van der Waals surface area contributed by atoms with Gasteiger partial charge < -0.3 is 20.0 Å². The molecule has 1 saturated heterocycles. The van der Waals surface area contributed by atoms with Crippen molar-refractivity contribution in [1.82, 2.24) is 10.6 Å². The zero-order valence-corrected chi connectivity index (χ0v) is 14.0. The summed E-state index contributed by atoms with van der Waals surface area (Å²) >= 11 is 0. The van der Waals surface area contributed by atoms with Crippen LogP contribution in [0.4, 0.5) is 5.69 Å². The second kappa shape index (κ2) is 6.72. The number of carbonyl (C=O) groups excluding carboxylic acids is 2. The first-order valence-corrected chi connectivity index (χ1v) is 8.68. The molecular formula is C19H21N3O3. The van der Waals surface area contributed by atoms with Gasteiger partial charge in [0, 0.05) is 17.3 Å². The van der Waals surface area contributed by atoms with E-state index < -0.39 is 0 Å². The van der Waals surface area contributed by atoms with Crippen LogP contribution < -0.4 is 15.5 Å². The summed E-state index contributed by atoms with van der Waals surface area (Å²) in [6, 6.07) is 9.70. The molecule has 0 atom stereocenters. The standard InChI is InChI=1S/C19H21N3O3/c23-17-11-13-3-1-2-4-16(13)22(17)12-14-7-10-25-18(14)19(24)21-15-5-8-20-9-6-15/h1-4,7,10,15,20H,5-6,8-9,11-12H2,(H,21,24). The topological polar surface area (TPSA) is 74.6 Å². The SMILES string of the molecule is O=C(NC1CCNCC1)c1occc1CN1C(=O)Cc2ccccc21. The molecule has 2 aliphatic heterocycles. The van der Waals surface area contributed by atoms with Crippen LogP contribution >= 0.6 is 0 Å². The van der Waals surface area contributed by atoms with Crippen molar-refractivity contribution in [2.45, 2.75) is 31.8 Å². The Kier molecular flexibility index (Phi) is 4.28. The van der Waals surface area contributed by atoms with Crippen LogP contribution in [0.2, 0.25) is 0 Å². The van der Waals surface area contributed by atoms with Gasteiger partial charge in [-0.15, -0.1) is 0 Å². The van der Waals surface area contributed by atoms with Gasteiger partial charge in [-0.3, -0.25) is 9.59 Å². The van der Waals surface area contributed by atoms with E-state index in [2.05, 4.69) is 10.6 Å². The van der Waals surface area contributed by atoms with E-state index in [1.165, 1.54) is 6.26 Å². The highest BCUT2D eigenvalue weighted by atomic mass is 16.3. The Morgan fingerprint density at radius 1 is 1.24 bits per heavy atom. The summed E-state index contributed by atoms with van der Waals surface area (Å²) in [7, 11) is 0. The number of furan rings is 1. The fourth-order valence-electron chi connectivity index (χ4n) is 3.54. The highest BCUT2D eigenvalue weighted by molar-refractivity contribution is 6.01. The Morgan fingerprint density at radius 2 is 2.04 bits per heavy atom. The summed E-state index contributed by atoms with van der Waals surface area (Å²) in [5, 5.41) is 6.32.